The van der Waals surface area contributed by atoms with Crippen LogP contribution in [-0.4, -0.2) is 52.1 Å². The molecule has 1 saturated heterocycles. The van der Waals surface area contributed by atoms with Crippen LogP contribution in [0.2, 0.25) is 0 Å². The van der Waals surface area contributed by atoms with Crippen LogP contribution in [0, 0.1) is 0 Å². The zero-order valence-corrected chi connectivity index (χ0v) is 12.1. The standard InChI is InChI=1S/C13H23N3O3/c1-9-8-18-10(7-17)5-16(9)6-11-14-12(15-19-11)13(2,3)4/h9-10,17H,5-8H2,1-4H3. The summed E-state index contributed by atoms with van der Waals surface area (Å²) in [4.78, 5) is 6.64. The Morgan fingerprint density at radius 3 is 2.74 bits per heavy atom. The largest absolute Gasteiger partial charge is 0.394 e. The van der Waals surface area contributed by atoms with Crippen molar-refractivity contribution < 1.29 is 14.4 Å². The molecule has 0 aliphatic carbocycles. The maximum absolute atomic E-state index is 9.17. The van der Waals surface area contributed by atoms with Crippen LogP contribution >= 0.6 is 0 Å². The normalized spacial score (nSPS) is 25.7. The van der Waals surface area contributed by atoms with Crippen molar-refractivity contribution >= 4 is 0 Å². The molecule has 0 spiro atoms. The second kappa shape index (κ2) is 5.56. The van der Waals surface area contributed by atoms with Crippen LogP contribution in [-0.2, 0) is 16.7 Å². The first-order valence-electron chi connectivity index (χ1n) is 6.69. The van der Waals surface area contributed by atoms with Gasteiger partial charge in [0.25, 0.3) is 0 Å². The summed E-state index contributed by atoms with van der Waals surface area (Å²) in [7, 11) is 0. The molecule has 6 nitrogen and oxygen atoms in total. The van der Waals surface area contributed by atoms with Gasteiger partial charge in [-0.25, -0.2) is 0 Å². The lowest BCUT2D eigenvalue weighted by molar-refractivity contribution is -0.0827. The Bertz CT molecular complexity index is 414. The molecule has 1 aliphatic rings. The third kappa shape index (κ3) is 3.52. The summed E-state index contributed by atoms with van der Waals surface area (Å²) in [5.41, 5.74) is -0.105. The van der Waals surface area contributed by atoms with Crippen LogP contribution in [0.1, 0.15) is 39.4 Å². The highest BCUT2D eigenvalue weighted by atomic mass is 16.5. The molecule has 1 aliphatic heterocycles. The molecule has 2 rings (SSSR count). The molecule has 108 valence electrons. The minimum absolute atomic E-state index is 0.0420. The molecule has 0 amide bonds. The lowest BCUT2D eigenvalue weighted by Crippen LogP contribution is -2.48. The third-order valence-corrected chi connectivity index (χ3v) is 3.32. The first-order chi connectivity index (χ1) is 8.90. The number of rotatable bonds is 3. The van der Waals surface area contributed by atoms with E-state index in [4.69, 9.17) is 14.4 Å². The topological polar surface area (TPSA) is 71.6 Å². The van der Waals surface area contributed by atoms with Gasteiger partial charge in [0.1, 0.15) is 0 Å². The average molecular weight is 269 g/mol. The molecular weight excluding hydrogens is 246 g/mol. The molecule has 0 saturated carbocycles. The van der Waals surface area contributed by atoms with Gasteiger partial charge in [0.05, 0.1) is 25.9 Å². The monoisotopic (exact) mass is 269 g/mol. The SMILES string of the molecule is CC1COC(CO)CN1Cc1nc(C(C)(C)C)no1. The molecule has 19 heavy (non-hydrogen) atoms. The average Bonchev–Trinajstić information content (AvgIpc) is 2.80. The van der Waals surface area contributed by atoms with E-state index in [1.165, 1.54) is 0 Å². The van der Waals surface area contributed by atoms with Gasteiger partial charge < -0.3 is 14.4 Å². The van der Waals surface area contributed by atoms with E-state index in [0.29, 0.717) is 25.6 Å². The zero-order chi connectivity index (χ0) is 14.0. The Balaban J connectivity index is 2.01. The van der Waals surface area contributed by atoms with E-state index in [2.05, 4.69) is 42.7 Å². The number of aliphatic hydroxyl groups excluding tert-OH is 1. The van der Waals surface area contributed by atoms with Gasteiger partial charge in [-0.3, -0.25) is 4.90 Å². The number of morpholine rings is 1. The number of ether oxygens (including phenoxy) is 1. The van der Waals surface area contributed by atoms with E-state index in [1.807, 2.05) is 0 Å². The van der Waals surface area contributed by atoms with Gasteiger partial charge in [-0.15, -0.1) is 0 Å². The van der Waals surface area contributed by atoms with Crippen molar-refractivity contribution in [1.29, 1.82) is 0 Å². The lowest BCUT2D eigenvalue weighted by Gasteiger charge is -2.36. The van der Waals surface area contributed by atoms with Crippen molar-refractivity contribution in [3.8, 4) is 0 Å². The maximum atomic E-state index is 9.17. The Morgan fingerprint density at radius 2 is 2.16 bits per heavy atom. The summed E-state index contributed by atoms with van der Waals surface area (Å²) < 4.78 is 10.8. The molecule has 2 atom stereocenters. The van der Waals surface area contributed by atoms with Crippen LogP contribution in [0.3, 0.4) is 0 Å². The highest BCUT2D eigenvalue weighted by Crippen LogP contribution is 2.20. The molecule has 2 unspecified atom stereocenters. The van der Waals surface area contributed by atoms with Crippen molar-refractivity contribution in [2.24, 2.45) is 0 Å². The highest BCUT2D eigenvalue weighted by molar-refractivity contribution is 5.00. The van der Waals surface area contributed by atoms with Gasteiger partial charge in [0, 0.05) is 18.0 Å². The van der Waals surface area contributed by atoms with Gasteiger partial charge in [0.2, 0.25) is 5.89 Å². The van der Waals surface area contributed by atoms with Gasteiger partial charge in [-0.2, -0.15) is 4.98 Å². The van der Waals surface area contributed by atoms with Crippen LogP contribution in [0.5, 0.6) is 0 Å². The summed E-state index contributed by atoms with van der Waals surface area (Å²) >= 11 is 0. The van der Waals surface area contributed by atoms with Crippen molar-refractivity contribution in [2.45, 2.75) is 51.8 Å². The first kappa shape index (κ1) is 14.4. The molecule has 1 aromatic heterocycles. The predicted octanol–water partition coefficient (Wildman–Crippen LogP) is 0.949. The van der Waals surface area contributed by atoms with E-state index in [-0.39, 0.29) is 24.2 Å². The molecular formula is C13H23N3O3. The summed E-state index contributed by atoms with van der Waals surface area (Å²) in [6.07, 6.45) is -0.124. The quantitative estimate of drug-likeness (QED) is 0.881. The van der Waals surface area contributed by atoms with Crippen LogP contribution in [0.25, 0.3) is 0 Å². The fourth-order valence-corrected chi connectivity index (χ4v) is 2.00. The lowest BCUT2D eigenvalue weighted by atomic mass is 9.96. The summed E-state index contributed by atoms with van der Waals surface area (Å²) in [6.45, 7) is 10.2. The van der Waals surface area contributed by atoms with Crippen LogP contribution in [0.15, 0.2) is 4.52 Å². The second-order valence-electron chi connectivity index (χ2n) is 6.18. The molecule has 1 N–H and O–H groups in total. The second-order valence-corrected chi connectivity index (χ2v) is 6.18. The van der Waals surface area contributed by atoms with E-state index in [0.717, 1.165) is 5.82 Å². The summed E-state index contributed by atoms with van der Waals surface area (Å²) in [5.74, 6) is 1.34. The molecule has 2 heterocycles. The number of nitrogens with zero attached hydrogens (tertiary/aromatic N) is 3. The maximum Gasteiger partial charge on any atom is 0.240 e. The van der Waals surface area contributed by atoms with Gasteiger partial charge >= 0.3 is 0 Å². The molecule has 1 aromatic rings. The smallest absolute Gasteiger partial charge is 0.240 e. The van der Waals surface area contributed by atoms with Crippen molar-refractivity contribution in [2.75, 3.05) is 19.8 Å². The Morgan fingerprint density at radius 1 is 1.42 bits per heavy atom. The zero-order valence-electron chi connectivity index (χ0n) is 12.1. The van der Waals surface area contributed by atoms with Gasteiger partial charge in [-0.05, 0) is 6.92 Å². The number of hydrogen-bond donors (Lipinski definition) is 1. The fourth-order valence-electron chi connectivity index (χ4n) is 2.00. The number of aromatic nitrogens is 2. The summed E-state index contributed by atoms with van der Waals surface area (Å²) in [5, 5.41) is 13.2. The third-order valence-electron chi connectivity index (χ3n) is 3.32. The minimum Gasteiger partial charge on any atom is -0.394 e. The molecule has 0 bridgehead atoms. The van der Waals surface area contributed by atoms with Crippen LogP contribution < -0.4 is 0 Å². The first-order valence-corrected chi connectivity index (χ1v) is 6.69. The minimum atomic E-state index is -0.124. The fraction of sp³-hybridized carbons (Fsp3) is 0.846. The molecule has 0 radical (unpaired) electrons. The van der Waals surface area contributed by atoms with Gasteiger partial charge in [0.15, 0.2) is 5.82 Å². The van der Waals surface area contributed by atoms with Crippen molar-refractivity contribution in [1.82, 2.24) is 15.0 Å². The number of aliphatic hydroxyl groups is 1. The van der Waals surface area contributed by atoms with Crippen molar-refractivity contribution in [3.05, 3.63) is 11.7 Å². The highest BCUT2D eigenvalue weighted by Gasteiger charge is 2.28. The molecule has 0 aromatic carbocycles. The van der Waals surface area contributed by atoms with E-state index in [9.17, 15) is 0 Å². The van der Waals surface area contributed by atoms with E-state index in [1.54, 1.807) is 0 Å². The Labute approximate surface area is 113 Å². The van der Waals surface area contributed by atoms with E-state index >= 15 is 0 Å². The van der Waals surface area contributed by atoms with E-state index < -0.39 is 0 Å². The Kier molecular flexibility index (Phi) is 4.23. The van der Waals surface area contributed by atoms with Crippen LogP contribution in [0.4, 0.5) is 0 Å². The number of hydrogen-bond acceptors (Lipinski definition) is 6. The molecule has 1 fully saturated rings. The predicted molar refractivity (Wildman–Crippen MR) is 69.7 cm³/mol. The molecule has 6 heteroatoms. The summed E-state index contributed by atoms with van der Waals surface area (Å²) in [6, 6.07) is 0.285. The Hall–Kier alpha value is -0.980. The van der Waals surface area contributed by atoms with Gasteiger partial charge in [-0.1, -0.05) is 25.9 Å². The van der Waals surface area contributed by atoms with Crippen molar-refractivity contribution in [3.63, 3.8) is 0 Å².